The average molecular weight is 455 g/mol. The van der Waals surface area contributed by atoms with E-state index >= 15 is 0 Å². The van der Waals surface area contributed by atoms with E-state index in [1.807, 2.05) is 11.4 Å². The van der Waals surface area contributed by atoms with Crippen LogP contribution in [0.5, 0.6) is 0 Å². The number of carbonyl (C=O) groups is 2. The summed E-state index contributed by atoms with van der Waals surface area (Å²) in [6, 6.07) is 15.8. The summed E-state index contributed by atoms with van der Waals surface area (Å²) in [5.41, 5.74) is 2.82. The fourth-order valence-electron chi connectivity index (χ4n) is 2.45. The lowest BCUT2D eigenvalue weighted by molar-refractivity contribution is -0.384. The fourth-order valence-corrected chi connectivity index (χ4v) is 3.33. The Labute approximate surface area is 186 Å². The molecule has 0 aliphatic carbocycles. The second-order valence-electron chi connectivity index (χ2n) is 6.06. The molecule has 3 aromatic rings. The van der Waals surface area contributed by atoms with E-state index in [1.165, 1.54) is 41.8 Å². The van der Waals surface area contributed by atoms with Crippen LogP contribution in [0.1, 0.15) is 20.8 Å². The summed E-state index contributed by atoms with van der Waals surface area (Å²) in [5.74, 6) is -1.22. The average Bonchev–Trinajstić information content (AvgIpc) is 3.27. The summed E-state index contributed by atoms with van der Waals surface area (Å²) < 4.78 is 0. The maximum absolute atomic E-state index is 12.6. The van der Waals surface area contributed by atoms with Gasteiger partial charge in [-0.1, -0.05) is 41.9 Å². The number of hydrazone groups is 1. The van der Waals surface area contributed by atoms with Crippen molar-refractivity contribution in [1.82, 2.24) is 10.7 Å². The van der Waals surface area contributed by atoms with Crippen LogP contribution in [0, 0.1) is 10.1 Å². The van der Waals surface area contributed by atoms with Crippen molar-refractivity contribution in [2.24, 2.45) is 5.10 Å². The Hall–Kier alpha value is -3.82. The zero-order valence-electron chi connectivity index (χ0n) is 15.8. The van der Waals surface area contributed by atoms with Gasteiger partial charge in [0.05, 0.1) is 21.7 Å². The lowest BCUT2D eigenvalue weighted by Gasteiger charge is -2.09. The molecule has 0 aliphatic rings. The van der Waals surface area contributed by atoms with E-state index in [0.717, 1.165) is 4.88 Å². The number of non-ortho nitro benzene ring substituents is 1. The van der Waals surface area contributed by atoms with Crippen molar-refractivity contribution in [3.8, 4) is 0 Å². The molecule has 0 radical (unpaired) electrons. The lowest BCUT2D eigenvalue weighted by atomic mass is 10.2. The van der Waals surface area contributed by atoms with Gasteiger partial charge in [-0.3, -0.25) is 19.7 Å². The van der Waals surface area contributed by atoms with Crippen molar-refractivity contribution in [2.75, 3.05) is 0 Å². The first-order valence-corrected chi connectivity index (χ1v) is 10.1. The Morgan fingerprint density at radius 3 is 2.61 bits per heavy atom. The summed E-state index contributed by atoms with van der Waals surface area (Å²) >= 11 is 7.44. The molecular formula is C21H15ClN4O4S. The maximum Gasteiger partial charge on any atom is 0.287 e. The number of hydrogen-bond acceptors (Lipinski definition) is 6. The van der Waals surface area contributed by atoms with Crippen molar-refractivity contribution >= 4 is 52.7 Å². The Bertz CT molecular complexity index is 1180. The van der Waals surface area contributed by atoms with Gasteiger partial charge >= 0.3 is 0 Å². The summed E-state index contributed by atoms with van der Waals surface area (Å²) in [6.45, 7) is 0. The highest BCUT2D eigenvalue weighted by Gasteiger charge is 2.16. The molecule has 2 N–H and O–H groups in total. The third kappa shape index (κ3) is 6.08. The molecular weight excluding hydrogens is 440 g/mol. The van der Waals surface area contributed by atoms with Crippen LogP contribution in [0.3, 0.4) is 0 Å². The zero-order valence-corrected chi connectivity index (χ0v) is 17.4. The van der Waals surface area contributed by atoms with Gasteiger partial charge in [-0.05, 0) is 29.7 Å². The fraction of sp³-hybridized carbons (Fsp3) is 0. The van der Waals surface area contributed by atoms with Crippen molar-refractivity contribution in [2.45, 2.75) is 0 Å². The van der Waals surface area contributed by atoms with Crippen LogP contribution in [0.15, 0.2) is 76.8 Å². The van der Waals surface area contributed by atoms with Crippen molar-refractivity contribution in [1.29, 1.82) is 0 Å². The molecule has 2 amide bonds. The SMILES string of the molecule is O=C(N/N=C\c1cccc([N+](=O)[O-])c1)/C(=C\c1cccs1)NC(=O)c1ccccc1Cl. The zero-order chi connectivity index (χ0) is 22.2. The van der Waals surface area contributed by atoms with Gasteiger partial charge in [0.25, 0.3) is 17.5 Å². The van der Waals surface area contributed by atoms with Gasteiger partial charge in [0.15, 0.2) is 0 Å². The highest BCUT2D eigenvalue weighted by atomic mass is 35.5. The summed E-state index contributed by atoms with van der Waals surface area (Å²) in [4.78, 5) is 36.3. The highest BCUT2D eigenvalue weighted by molar-refractivity contribution is 7.10. The van der Waals surface area contributed by atoms with Crippen LogP contribution in [-0.2, 0) is 4.79 Å². The number of nitro groups is 1. The number of thiophene rings is 1. The van der Waals surface area contributed by atoms with Crippen LogP contribution < -0.4 is 10.7 Å². The molecule has 0 spiro atoms. The first kappa shape index (κ1) is 21.9. The van der Waals surface area contributed by atoms with Crippen LogP contribution in [0.4, 0.5) is 5.69 Å². The topological polar surface area (TPSA) is 114 Å². The Morgan fingerprint density at radius 1 is 1.10 bits per heavy atom. The number of benzene rings is 2. The summed E-state index contributed by atoms with van der Waals surface area (Å²) in [6.07, 6.45) is 2.78. The molecule has 0 saturated heterocycles. The molecule has 0 atom stereocenters. The molecule has 0 unspecified atom stereocenters. The van der Waals surface area contributed by atoms with Gasteiger partial charge in [-0.2, -0.15) is 5.10 Å². The lowest BCUT2D eigenvalue weighted by Crippen LogP contribution is -2.32. The predicted molar refractivity (Wildman–Crippen MR) is 120 cm³/mol. The van der Waals surface area contributed by atoms with E-state index in [4.69, 9.17) is 11.6 Å². The van der Waals surface area contributed by atoms with E-state index in [0.29, 0.717) is 5.56 Å². The van der Waals surface area contributed by atoms with Crippen LogP contribution in [0.25, 0.3) is 6.08 Å². The number of rotatable bonds is 7. The first-order valence-electron chi connectivity index (χ1n) is 8.83. The molecule has 3 rings (SSSR count). The molecule has 0 fully saturated rings. The van der Waals surface area contributed by atoms with Crippen molar-refractivity contribution in [3.05, 3.63) is 103 Å². The highest BCUT2D eigenvalue weighted by Crippen LogP contribution is 2.17. The van der Waals surface area contributed by atoms with Gasteiger partial charge in [-0.25, -0.2) is 5.43 Å². The number of nitrogens with zero attached hydrogens (tertiary/aromatic N) is 2. The van der Waals surface area contributed by atoms with Gasteiger partial charge in [0.2, 0.25) is 0 Å². The largest absolute Gasteiger partial charge is 0.317 e. The molecule has 0 saturated carbocycles. The molecule has 10 heteroatoms. The molecule has 0 bridgehead atoms. The number of nitrogens with one attached hydrogen (secondary N) is 2. The Morgan fingerprint density at radius 2 is 1.90 bits per heavy atom. The van der Waals surface area contributed by atoms with Crippen LogP contribution >= 0.6 is 22.9 Å². The molecule has 1 heterocycles. The van der Waals surface area contributed by atoms with Gasteiger partial charge in [0, 0.05) is 22.6 Å². The Kier molecular flexibility index (Phi) is 7.26. The molecule has 8 nitrogen and oxygen atoms in total. The number of halogens is 1. The van der Waals surface area contributed by atoms with Gasteiger partial charge < -0.3 is 5.32 Å². The van der Waals surface area contributed by atoms with E-state index in [1.54, 1.807) is 36.4 Å². The number of hydrogen-bond donors (Lipinski definition) is 2. The minimum Gasteiger partial charge on any atom is -0.317 e. The van der Waals surface area contributed by atoms with Gasteiger partial charge in [-0.15, -0.1) is 11.3 Å². The quantitative estimate of drug-likeness (QED) is 0.240. The normalized spacial score (nSPS) is 11.3. The standard InChI is InChI=1S/C21H15ClN4O4S/c22-18-9-2-1-8-17(18)20(27)24-19(12-16-7-4-10-31-16)21(28)25-23-13-14-5-3-6-15(11-14)26(29)30/h1-13H,(H,24,27)(H,25,28)/b19-12+,23-13-. The van der Waals surface area contributed by atoms with Crippen molar-refractivity contribution < 1.29 is 14.5 Å². The monoisotopic (exact) mass is 454 g/mol. The third-order valence-electron chi connectivity index (χ3n) is 3.90. The summed E-state index contributed by atoms with van der Waals surface area (Å²) in [7, 11) is 0. The minimum absolute atomic E-state index is 0.0384. The van der Waals surface area contributed by atoms with E-state index in [-0.39, 0.29) is 22.0 Å². The maximum atomic E-state index is 12.6. The Balaban J connectivity index is 1.77. The molecule has 0 aliphatic heterocycles. The minimum atomic E-state index is -0.671. The van der Waals surface area contributed by atoms with E-state index < -0.39 is 16.7 Å². The van der Waals surface area contributed by atoms with Crippen LogP contribution in [-0.4, -0.2) is 23.0 Å². The second-order valence-corrected chi connectivity index (χ2v) is 7.45. The first-order chi connectivity index (χ1) is 14.9. The van der Waals surface area contributed by atoms with Crippen LogP contribution in [0.2, 0.25) is 5.02 Å². The molecule has 31 heavy (non-hydrogen) atoms. The third-order valence-corrected chi connectivity index (χ3v) is 5.05. The molecule has 1 aromatic heterocycles. The van der Waals surface area contributed by atoms with E-state index in [9.17, 15) is 19.7 Å². The molecule has 156 valence electrons. The molecule has 2 aromatic carbocycles. The van der Waals surface area contributed by atoms with E-state index in [2.05, 4.69) is 15.8 Å². The predicted octanol–water partition coefficient (Wildman–Crippen LogP) is 4.23. The van der Waals surface area contributed by atoms with Crippen molar-refractivity contribution in [3.63, 3.8) is 0 Å². The number of nitro benzene ring substituents is 1. The number of amides is 2. The smallest absolute Gasteiger partial charge is 0.287 e. The number of carbonyl (C=O) groups excluding carboxylic acids is 2. The second kappa shape index (κ2) is 10.3. The van der Waals surface area contributed by atoms with Gasteiger partial charge in [0.1, 0.15) is 5.70 Å². The summed E-state index contributed by atoms with van der Waals surface area (Å²) in [5, 5.41) is 19.3.